The molecule has 0 saturated heterocycles. The molecule has 0 heterocycles. The molecular formula is C10H14FNO. The highest BCUT2D eigenvalue weighted by Crippen LogP contribution is 2.24. The highest BCUT2D eigenvalue weighted by atomic mass is 19.1. The van der Waals surface area contributed by atoms with Crippen molar-refractivity contribution < 1.29 is 9.13 Å². The third-order valence-corrected chi connectivity index (χ3v) is 1.95. The largest absolute Gasteiger partial charge is 0.496 e. The molecular weight excluding hydrogens is 169 g/mol. The molecule has 2 nitrogen and oxygen atoms in total. The molecule has 13 heavy (non-hydrogen) atoms. The van der Waals surface area contributed by atoms with Crippen LogP contribution in [0, 0.1) is 6.92 Å². The zero-order valence-corrected chi connectivity index (χ0v) is 7.88. The molecule has 0 bridgehead atoms. The van der Waals surface area contributed by atoms with E-state index in [2.05, 4.69) is 0 Å². The Labute approximate surface area is 77.5 Å². The fourth-order valence-corrected chi connectivity index (χ4v) is 1.23. The summed E-state index contributed by atoms with van der Waals surface area (Å²) in [4.78, 5) is 0. The smallest absolute Gasteiger partial charge is 0.123 e. The van der Waals surface area contributed by atoms with Crippen LogP contribution in [-0.4, -0.2) is 13.8 Å². The van der Waals surface area contributed by atoms with E-state index in [-0.39, 0.29) is 0 Å². The molecule has 1 rings (SSSR count). The van der Waals surface area contributed by atoms with Crippen LogP contribution in [0.1, 0.15) is 17.2 Å². The van der Waals surface area contributed by atoms with Gasteiger partial charge in [-0.05, 0) is 13.0 Å². The standard InChI is InChI=1S/C10H14FNO/c1-7-3-4-10(13-2)8(5-7)9(12)6-11/h3-5,9H,6,12H2,1-2H3. The summed E-state index contributed by atoms with van der Waals surface area (Å²) in [5, 5.41) is 0. The van der Waals surface area contributed by atoms with E-state index in [1.165, 1.54) is 0 Å². The second kappa shape index (κ2) is 4.23. The van der Waals surface area contributed by atoms with Crippen molar-refractivity contribution in [3.05, 3.63) is 29.3 Å². The molecule has 0 aliphatic rings. The number of alkyl halides is 1. The first kappa shape index (κ1) is 9.99. The van der Waals surface area contributed by atoms with Gasteiger partial charge in [0, 0.05) is 5.56 Å². The summed E-state index contributed by atoms with van der Waals surface area (Å²) in [6.45, 7) is 1.37. The molecule has 0 aromatic heterocycles. The number of hydrogen-bond acceptors (Lipinski definition) is 2. The van der Waals surface area contributed by atoms with E-state index >= 15 is 0 Å². The predicted octanol–water partition coefficient (Wildman–Crippen LogP) is 1.97. The summed E-state index contributed by atoms with van der Waals surface area (Å²) in [5.41, 5.74) is 7.37. The molecule has 0 saturated carbocycles. The molecule has 0 aliphatic heterocycles. The number of halogens is 1. The molecule has 0 aliphatic carbocycles. The summed E-state index contributed by atoms with van der Waals surface area (Å²) in [6, 6.07) is 4.98. The van der Waals surface area contributed by atoms with Gasteiger partial charge in [-0.25, -0.2) is 4.39 Å². The average molecular weight is 183 g/mol. The van der Waals surface area contributed by atoms with Crippen LogP contribution in [0.25, 0.3) is 0 Å². The van der Waals surface area contributed by atoms with Gasteiger partial charge in [-0.15, -0.1) is 0 Å². The summed E-state index contributed by atoms with van der Waals surface area (Å²) in [7, 11) is 1.55. The van der Waals surface area contributed by atoms with Gasteiger partial charge in [0.2, 0.25) is 0 Å². The first-order valence-electron chi connectivity index (χ1n) is 4.15. The van der Waals surface area contributed by atoms with Gasteiger partial charge in [-0.2, -0.15) is 0 Å². The molecule has 0 spiro atoms. The lowest BCUT2D eigenvalue weighted by atomic mass is 10.0. The van der Waals surface area contributed by atoms with E-state index in [1.807, 2.05) is 19.1 Å². The Morgan fingerprint density at radius 2 is 2.23 bits per heavy atom. The Morgan fingerprint density at radius 3 is 2.77 bits per heavy atom. The van der Waals surface area contributed by atoms with Crippen molar-refractivity contribution >= 4 is 0 Å². The van der Waals surface area contributed by atoms with Gasteiger partial charge >= 0.3 is 0 Å². The van der Waals surface area contributed by atoms with E-state index < -0.39 is 12.7 Å². The minimum Gasteiger partial charge on any atom is -0.496 e. The van der Waals surface area contributed by atoms with Crippen LogP contribution < -0.4 is 10.5 Å². The summed E-state index contributed by atoms with van der Waals surface area (Å²) in [5.74, 6) is 0.649. The van der Waals surface area contributed by atoms with Gasteiger partial charge in [-0.1, -0.05) is 17.7 Å². The van der Waals surface area contributed by atoms with Gasteiger partial charge in [0.1, 0.15) is 12.4 Å². The SMILES string of the molecule is COc1ccc(C)cc1C(N)CF. The number of ether oxygens (including phenoxy) is 1. The van der Waals surface area contributed by atoms with Crippen molar-refractivity contribution in [2.45, 2.75) is 13.0 Å². The summed E-state index contributed by atoms with van der Waals surface area (Å²) < 4.78 is 17.4. The Balaban J connectivity index is 3.07. The molecule has 0 radical (unpaired) electrons. The van der Waals surface area contributed by atoms with Crippen LogP contribution in [0.5, 0.6) is 5.75 Å². The van der Waals surface area contributed by atoms with Crippen LogP contribution in [0.3, 0.4) is 0 Å². The van der Waals surface area contributed by atoms with Gasteiger partial charge in [0.15, 0.2) is 0 Å². The van der Waals surface area contributed by atoms with Crippen LogP contribution in [0.2, 0.25) is 0 Å². The van der Waals surface area contributed by atoms with Crippen LogP contribution in [-0.2, 0) is 0 Å². The molecule has 0 fully saturated rings. The maximum atomic E-state index is 12.3. The van der Waals surface area contributed by atoms with Crippen molar-refractivity contribution in [2.24, 2.45) is 5.73 Å². The Kier molecular flexibility index (Phi) is 3.25. The minimum atomic E-state index is -0.588. The number of hydrogen-bond donors (Lipinski definition) is 1. The zero-order valence-electron chi connectivity index (χ0n) is 7.88. The molecule has 0 amide bonds. The van der Waals surface area contributed by atoms with Crippen LogP contribution in [0.15, 0.2) is 18.2 Å². The fourth-order valence-electron chi connectivity index (χ4n) is 1.23. The fraction of sp³-hybridized carbons (Fsp3) is 0.400. The number of benzene rings is 1. The van der Waals surface area contributed by atoms with E-state index in [4.69, 9.17) is 10.5 Å². The van der Waals surface area contributed by atoms with Gasteiger partial charge in [-0.3, -0.25) is 0 Å². The van der Waals surface area contributed by atoms with Crippen LogP contribution >= 0.6 is 0 Å². The number of nitrogens with two attached hydrogens (primary N) is 1. The molecule has 1 unspecified atom stereocenters. The average Bonchev–Trinajstić information content (AvgIpc) is 2.16. The van der Waals surface area contributed by atoms with E-state index in [1.54, 1.807) is 13.2 Å². The normalized spacial score (nSPS) is 12.6. The molecule has 3 heteroatoms. The monoisotopic (exact) mass is 183 g/mol. The predicted molar refractivity (Wildman–Crippen MR) is 50.6 cm³/mol. The first-order chi connectivity index (χ1) is 6.19. The Hall–Kier alpha value is -1.09. The summed E-state index contributed by atoms with van der Waals surface area (Å²) in [6.07, 6.45) is 0. The third-order valence-electron chi connectivity index (χ3n) is 1.95. The Bertz CT molecular complexity index is 288. The topological polar surface area (TPSA) is 35.2 Å². The molecule has 1 aromatic carbocycles. The maximum absolute atomic E-state index is 12.3. The third kappa shape index (κ3) is 2.18. The van der Waals surface area contributed by atoms with E-state index in [0.29, 0.717) is 5.75 Å². The van der Waals surface area contributed by atoms with Crippen LogP contribution in [0.4, 0.5) is 4.39 Å². The quantitative estimate of drug-likeness (QED) is 0.777. The highest BCUT2D eigenvalue weighted by Gasteiger charge is 2.11. The number of methoxy groups -OCH3 is 1. The zero-order chi connectivity index (χ0) is 9.84. The van der Waals surface area contributed by atoms with Gasteiger partial charge in [0.05, 0.1) is 13.2 Å². The van der Waals surface area contributed by atoms with Crippen molar-refractivity contribution in [3.63, 3.8) is 0 Å². The lowest BCUT2D eigenvalue weighted by Crippen LogP contribution is -2.13. The van der Waals surface area contributed by atoms with Crippen molar-refractivity contribution in [1.82, 2.24) is 0 Å². The molecule has 2 N–H and O–H groups in total. The molecule has 1 aromatic rings. The number of rotatable bonds is 3. The maximum Gasteiger partial charge on any atom is 0.123 e. The van der Waals surface area contributed by atoms with E-state index in [0.717, 1.165) is 11.1 Å². The van der Waals surface area contributed by atoms with Crippen molar-refractivity contribution in [1.29, 1.82) is 0 Å². The lowest BCUT2D eigenvalue weighted by molar-refractivity contribution is 0.389. The second-order valence-corrected chi connectivity index (χ2v) is 3.01. The molecule has 72 valence electrons. The van der Waals surface area contributed by atoms with Crippen molar-refractivity contribution in [2.75, 3.05) is 13.8 Å². The minimum absolute atomic E-state index is 0.570. The van der Waals surface area contributed by atoms with Gasteiger partial charge in [0.25, 0.3) is 0 Å². The first-order valence-corrected chi connectivity index (χ1v) is 4.15. The molecule has 1 atom stereocenters. The lowest BCUT2D eigenvalue weighted by Gasteiger charge is -2.13. The second-order valence-electron chi connectivity index (χ2n) is 3.01. The van der Waals surface area contributed by atoms with Crippen molar-refractivity contribution in [3.8, 4) is 5.75 Å². The van der Waals surface area contributed by atoms with Gasteiger partial charge < -0.3 is 10.5 Å². The Morgan fingerprint density at radius 1 is 1.54 bits per heavy atom. The summed E-state index contributed by atoms with van der Waals surface area (Å²) >= 11 is 0. The van der Waals surface area contributed by atoms with E-state index in [9.17, 15) is 4.39 Å². The highest BCUT2D eigenvalue weighted by molar-refractivity contribution is 5.38. The number of aryl methyl sites for hydroxylation is 1.